The predicted octanol–water partition coefficient (Wildman–Crippen LogP) is 2.73. The zero-order valence-corrected chi connectivity index (χ0v) is 13.5. The molecule has 0 saturated heterocycles. The molecule has 7 heteroatoms. The molecule has 2 heterocycles. The Morgan fingerprint density at radius 3 is 2.88 bits per heavy atom. The minimum atomic E-state index is -0.351. The molecular formula is C18H16N6O. The van der Waals surface area contributed by atoms with E-state index in [1.807, 2.05) is 30.3 Å². The van der Waals surface area contributed by atoms with Crippen LogP contribution in [0.1, 0.15) is 23.9 Å². The van der Waals surface area contributed by atoms with Crippen molar-refractivity contribution in [2.45, 2.75) is 25.4 Å². The van der Waals surface area contributed by atoms with Gasteiger partial charge in [0, 0.05) is 10.8 Å². The highest BCUT2D eigenvalue weighted by Crippen LogP contribution is 2.29. The summed E-state index contributed by atoms with van der Waals surface area (Å²) in [4.78, 5) is 0. The normalized spacial score (nSPS) is 12.5. The molecule has 1 unspecified atom stereocenters. The fraction of sp³-hybridized carbons (Fsp3) is 0.222. The highest BCUT2D eigenvalue weighted by Gasteiger charge is 2.16. The van der Waals surface area contributed by atoms with Gasteiger partial charge in [0.05, 0.1) is 25.1 Å². The summed E-state index contributed by atoms with van der Waals surface area (Å²) in [5.74, 6) is 0.583. The Hall–Kier alpha value is -3.24. The number of tetrazole rings is 1. The molecule has 4 rings (SSSR count). The van der Waals surface area contributed by atoms with Gasteiger partial charge in [-0.15, -0.1) is 5.10 Å². The predicted molar refractivity (Wildman–Crippen MR) is 92.4 cm³/mol. The highest BCUT2D eigenvalue weighted by molar-refractivity contribution is 6.04. The van der Waals surface area contributed by atoms with Crippen molar-refractivity contribution in [2.75, 3.05) is 0 Å². The van der Waals surface area contributed by atoms with Gasteiger partial charge in [0.25, 0.3) is 0 Å². The SMILES string of the molecule is N#CCCn1nnnc1C(N)Cc1ccc2c(c1)oc1ccccc12. The molecule has 0 bridgehead atoms. The Labute approximate surface area is 143 Å². The molecule has 7 nitrogen and oxygen atoms in total. The number of furan rings is 1. The quantitative estimate of drug-likeness (QED) is 0.602. The van der Waals surface area contributed by atoms with E-state index in [0.29, 0.717) is 25.2 Å². The molecule has 124 valence electrons. The topological polar surface area (TPSA) is 107 Å². The van der Waals surface area contributed by atoms with Crippen LogP contribution in [0.3, 0.4) is 0 Å². The van der Waals surface area contributed by atoms with Gasteiger partial charge in [-0.25, -0.2) is 4.68 Å². The minimum absolute atomic E-state index is 0.343. The van der Waals surface area contributed by atoms with Crippen LogP contribution in [0, 0.1) is 11.3 Å². The van der Waals surface area contributed by atoms with E-state index in [1.54, 1.807) is 4.68 Å². The minimum Gasteiger partial charge on any atom is -0.456 e. The van der Waals surface area contributed by atoms with E-state index >= 15 is 0 Å². The molecule has 4 aromatic rings. The van der Waals surface area contributed by atoms with E-state index in [-0.39, 0.29) is 6.04 Å². The summed E-state index contributed by atoms with van der Waals surface area (Å²) in [6.45, 7) is 0.440. The largest absolute Gasteiger partial charge is 0.456 e. The Kier molecular flexibility index (Phi) is 3.88. The second-order valence-electron chi connectivity index (χ2n) is 5.91. The Morgan fingerprint density at radius 2 is 2.00 bits per heavy atom. The van der Waals surface area contributed by atoms with Gasteiger partial charge in [-0.1, -0.05) is 30.3 Å². The average molecular weight is 332 g/mol. The second kappa shape index (κ2) is 6.34. The van der Waals surface area contributed by atoms with Crippen molar-refractivity contribution >= 4 is 21.9 Å². The van der Waals surface area contributed by atoms with Crippen LogP contribution in [0.4, 0.5) is 0 Å². The van der Waals surface area contributed by atoms with Crippen molar-refractivity contribution in [1.29, 1.82) is 5.26 Å². The van der Waals surface area contributed by atoms with E-state index in [9.17, 15) is 0 Å². The fourth-order valence-corrected chi connectivity index (χ4v) is 3.03. The molecule has 25 heavy (non-hydrogen) atoms. The summed E-state index contributed by atoms with van der Waals surface area (Å²) in [7, 11) is 0. The first-order valence-corrected chi connectivity index (χ1v) is 8.05. The van der Waals surface area contributed by atoms with Crippen LogP contribution in [0.25, 0.3) is 21.9 Å². The van der Waals surface area contributed by atoms with Crippen molar-refractivity contribution < 1.29 is 4.42 Å². The maximum Gasteiger partial charge on any atom is 0.168 e. The molecule has 0 aliphatic heterocycles. The Balaban J connectivity index is 1.61. The summed E-state index contributed by atoms with van der Waals surface area (Å²) in [6, 6.07) is 15.8. The third-order valence-electron chi connectivity index (χ3n) is 4.23. The molecule has 0 amide bonds. The third kappa shape index (κ3) is 2.84. The van der Waals surface area contributed by atoms with Crippen LogP contribution in [0.5, 0.6) is 0 Å². The number of hydrogen-bond donors (Lipinski definition) is 1. The molecule has 0 saturated carbocycles. The second-order valence-corrected chi connectivity index (χ2v) is 5.91. The number of benzene rings is 2. The van der Waals surface area contributed by atoms with Crippen LogP contribution in [-0.4, -0.2) is 20.2 Å². The van der Waals surface area contributed by atoms with Gasteiger partial charge in [0.15, 0.2) is 5.82 Å². The van der Waals surface area contributed by atoms with Crippen molar-refractivity contribution in [1.82, 2.24) is 20.2 Å². The van der Waals surface area contributed by atoms with Gasteiger partial charge >= 0.3 is 0 Å². The molecular weight excluding hydrogens is 316 g/mol. The fourth-order valence-electron chi connectivity index (χ4n) is 3.03. The number of aromatic nitrogens is 4. The summed E-state index contributed by atoms with van der Waals surface area (Å²) < 4.78 is 7.51. The van der Waals surface area contributed by atoms with Gasteiger partial charge < -0.3 is 10.2 Å². The van der Waals surface area contributed by atoms with Gasteiger partial charge in [-0.2, -0.15) is 5.26 Å². The van der Waals surface area contributed by atoms with Crippen LogP contribution in [0.2, 0.25) is 0 Å². The van der Waals surface area contributed by atoms with Gasteiger partial charge in [-0.3, -0.25) is 0 Å². The lowest BCUT2D eigenvalue weighted by Gasteiger charge is -2.11. The first kappa shape index (κ1) is 15.3. The number of para-hydroxylation sites is 1. The number of aryl methyl sites for hydroxylation is 1. The molecule has 1 atom stereocenters. The summed E-state index contributed by atoms with van der Waals surface area (Å²) in [6.07, 6.45) is 0.926. The molecule has 0 radical (unpaired) electrons. The number of nitrogens with zero attached hydrogens (tertiary/aromatic N) is 5. The van der Waals surface area contributed by atoms with Crippen LogP contribution >= 0.6 is 0 Å². The van der Waals surface area contributed by atoms with Crippen molar-refractivity contribution in [3.8, 4) is 6.07 Å². The third-order valence-corrected chi connectivity index (χ3v) is 4.23. The highest BCUT2D eigenvalue weighted by atomic mass is 16.3. The zero-order valence-electron chi connectivity index (χ0n) is 13.5. The number of hydrogen-bond acceptors (Lipinski definition) is 6. The van der Waals surface area contributed by atoms with Crippen molar-refractivity contribution in [3.05, 3.63) is 53.9 Å². The van der Waals surface area contributed by atoms with E-state index in [0.717, 1.165) is 27.5 Å². The lowest BCUT2D eigenvalue weighted by Crippen LogP contribution is -2.19. The number of nitrogens with two attached hydrogens (primary N) is 1. The molecule has 2 aromatic heterocycles. The Morgan fingerprint density at radius 1 is 1.16 bits per heavy atom. The van der Waals surface area contributed by atoms with E-state index in [1.165, 1.54) is 0 Å². The average Bonchev–Trinajstić information content (AvgIpc) is 3.23. The standard InChI is InChI=1S/C18H16N6O/c19-8-3-9-24-18(21-22-23-24)15(20)10-12-6-7-14-13-4-1-2-5-16(13)25-17(14)11-12/h1-2,4-7,11,15H,3,9-10,20H2. The number of nitriles is 1. The van der Waals surface area contributed by atoms with Gasteiger partial charge in [-0.05, 0) is 34.5 Å². The van der Waals surface area contributed by atoms with Gasteiger partial charge in [0.1, 0.15) is 11.2 Å². The first-order valence-electron chi connectivity index (χ1n) is 8.05. The monoisotopic (exact) mass is 332 g/mol. The van der Waals surface area contributed by atoms with Gasteiger partial charge in [0.2, 0.25) is 0 Å². The Bertz CT molecular complexity index is 1070. The van der Waals surface area contributed by atoms with Crippen LogP contribution in [0.15, 0.2) is 46.9 Å². The lowest BCUT2D eigenvalue weighted by atomic mass is 10.0. The molecule has 2 aromatic carbocycles. The lowest BCUT2D eigenvalue weighted by molar-refractivity contribution is 0.535. The zero-order chi connectivity index (χ0) is 17.2. The summed E-state index contributed by atoms with van der Waals surface area (Å²) in [5.41, 5.74) is 9.05. The maximum atomic E-state index is 8.72. The first-order chi connectivity index (χ1) is 12.3. The molecule has 2 N–H and O–H groups in total. The van der Waals surface area contributed by atoms with Crippen molar-refractivity contribution in [3.63, 3.8) is 0 Å². The van der Waals surface area contributed by atoms with E-state index in [4.69, 9.17) is 15.4 Å². The summed E-state index contributed by atoms with van der Waals surface area (Å²) in [5, 5.41) is 22.5. The van der Waals surface area contributed by atoms with Crippen LogP contribution in [-0.2, 0) is 13.0 Å². The number of rotatable bonds is 5. The number of fused-ring (bicyclic) bond motifs is 3. The summed E-state index contributed by atoms with van der Waals surface area (Å²) >= 11 is 0. The molecule has 0 spiro atoms. The smallest absolute Gasteiger partial charge is 0.168 e. The maximum absolute atomic E-state index is 8.72. The molecule has 0 aliphatic carbocycles. The van der Waals surface area contributed by atoms with Crippen LogP contribution < -0.4 is 5.73 Å². The van der Waals surface area contributed by atoms with E-state index in [2.05, 4.69) is 33.7 Å². The van der Waals surface area contributed by atoms with Crippen molar-refractivity contribution in [2.24, 2.45) is 5.73 Å². The van der Waals surface area contributed by atoms with E-state index < -0.39 is 0 Å². The molecule has 0 fully saturated rings. The molecule has 0 aliphatic rings.